The molecule has 0 spiro atoms. The third-order valence-electron chi connectivity index (χ3n) is 2.24. The molecule has 0 aromatic heterocycles. The van der Waals surface area contributed by atoms with Crippen molar-refractivity contribution in [3.05, 3.63) is 34.4 Å². The SMILES string of the molecule is CC(C)OC(=O)COCCNc1ccc([N+](=O)[O-])cc1. The molecule has 20 heavy (non-hydrogen) atoms. The number of nitro benzene ring substituents is 1. The normalized spacial score (nSPS) is 10.3. The van der Waals surface area contributed by atoms with Crippen LogP contribution in [0.1, 0.15) is 13.8 Å². The lowest BCUT2D eigenvalue weighted by molar-refractivity contribution is -0.384. The maximum absolute atomic E-state index is 11.2. The van der Waals surface area contributed by atoms with Crippen molar-refractivity contribution in [2.24, 2.45) is 0 Å². The van der Waals surface area contributed by atoms with Crippen molar-refractivity contribution in [3.8, 4) is 0 Å². The van der Waals surface area contributed by atoms with Crippen molar-refractivity contribution >= 4 is 17.3 Å². The quantitative estimate of drug-likeness (QED) is 0.339. The summed E-state index contributed by atoms with van der Waals surface area (Å²) in [6.45, 7) is 4.29. The Morgan fingerprint density at radius 3 is 2.55 bits per heavy atom. The Morgan fingerprint density at radius 1 is 1.35 bits per heavy atom. The van der Waals surface area contributed by atoms with Gasteiger partial charge in [-0.15, -0.1) is 0 Å². The minimum Gasteiger partial charge on any atom is -0.461 e. The van der Waals surface area contributed by atoms with Crippen LogP contribution in [-0.4, -0.2) is 36.8 Å². The summed E-state index contributed by atoms with van der Waals surface area (Å²) in [5, 5.41) is 13.5. The predicted octanol–water partition coefficient (Wildman–Crippen LogP) is 1.97. The van der Waals surface area contributed by atoms with Crippen molar-refractivity contribution in [1.29, 1.82) is 0 Å². The maximum Gasteiger partial charge on any atom is 0.332 e. The molecule has 7 nitrogen and oxygen atoms in total. The van der Waals surface area contributed by atoms with Crippen LogP contribution in [0.2, 0.25) is 0 Å². The zero-order valence-corrected chi connectivity index (χ0v) is 11.5. The molecule has 0 unspecified atom stereocenters. The first-order valence-electron chi connectivity index (χ1n) is 6.24. The highest BCUT2D eigenvalue weighted by atomic mass is 16.6. The highest BCUT2D eigenvalue weighted by Gasteiger charge is 2.05. The summed E-state index contributed by atoms with van der Waals surface area (Å²) in [5.74, 6) is -0.393. The predicted molar refractivity (Wildman–Crippen MR) is 73.6 cm³/mol. The van der Waals surface area contributed by atoms with Gasteiger partial charge in [0.15, 0.2) is 0 Å². The van der Waals surface area contributed by atoms with E-state index in [1.165, 1.54) is 12.1 Å². The van der Waals surface area contributed by atoms with Gasteiger partial charge in [-0.2, -0.15) is 0 Å². The standard InChI is InChI=1S/C13H18N2O5/c1-10(2)20-13(16)9-19-8-7-14-11-3-5-12(6-4-11)15(17)18/h3-6,10,14H,7-9H2,1-2H3. The minimum atomic E-state index is -0.451. The zero-order valence-electron chi connectivity index (χ0n) is 11.5. The number of ether oxygens (including phenoxy) is 2. The van der Waals surface area contributed by atoms with Crippen molar-refractivity contribution in [2.75, 3.05) is 25.1 Å². The molecule has 0 atom stereocenters. The van der Waals surface area contributed by atoms with Crippen LogP contribution >= 0.6 is 0 Å². The molecule has 110 valence electrons. The summed E-state index contributed by atoms with van der Waals surface area (Å²) >= 11 is 0. The van der Waals surface area contributed by atoms with E-state index in [1.807, 2.05) is 0 Å². The summed E-state index contributed by atoms with van der Waals surface area (Å²) < 4.78 is 10.0. The number of esters is 1. The molecule has 1 rings (SSSR count). The smallest absolute Gasteiger partial charge is 0.332 e. The van der Waals surface area contributed by atoms with Crippen molar-refractivity contribution in [1.82, 2.24) is 0 Å². The van der Waals surface area contributed by atoms with E-state index >= 15 is 0 Å². The largest absolute Gasteiger partial charge is 0.461 e. The van der Waals surface area contributed by atoms with Crippen LogP contribution in [0.5, 0.6) is 0 Å². The molecule has 1 aromatic rings. The number of carbonyl (C=O) groups is 1. The Balaban J connectivity index is 2.18. The molecule has 0 radical (unpaired) electrons. The van der Waals surface area contributed by atoms with Crippen LogP contribution in [0.3, 0.4) is 0 Å². The lowest BCUT2D eigenvalue weighted by Gasteiger charge is -2.09. The summed E-state index contributed by atoms with van der Waals surface area (Å²) in [4.78, 5) is 21.2. The first kappa shape index (κ1) is 15.9. The summed E-state index contributed by atoms with van der Waals surface area (Å²) in [7, 11) is 0. The number of anilines is 1. The topological polar surface area (TPSA) is 90.7 Å². The van der Waals surface area contributed by atoms with Gasteiger partial charge in [0.05, 0.1) is 17.6 Å². The van der Waals surface area contributed by atoms with Crippen molar-refractivity contribution < 1.29 is 19.2 Å². The third kappa shape index (κ3) is 6.14. The van der Waals surface area contributed by atoms with Crippen LogP contribution in [-0.2, 0) is 14.3 Å². The van der Waals surface area contributed by atoms with Gasteiger partial charge in [0.2, 0.25) is 0 Å². The Bertz CT molecular complexity index is 445. The van der Waals surface area contributed by atoms with E-state index in [-0.39, 0.29) is 18.4 Å². The van der Waals surface area contributed by atoms with Gasteiger partial charge in [-0.3, -0.25) is 10.1 Å². The molecular formula is C13H18N2O5. The number of nitrogens with zero attached hydrogens (tertiary/aromatic N) is 1. The monoisotopic (exact) mass is 282 g/mol. The van der Waals surface area contributed by atoms with Gasteiger partial charge in [0.1, 0.15) is 6.61 Å². The summed E-state index contributed by atoms with van der Waals surface area (Å²) in [6, 6.07) is 6.07. The fourth-order valence-corrected chi connectivity index (χ4v) is 1.42. The van der Waals surface area contributed by atoms with Crippen LogP contribution in [0.25, 0.3) is 0 Å². The van der Waals surface area contributed by atoms with Gasteiger partial charge in [-0.1, -0.05) is 0 Å². The molecule has 0 fully saturated rings. The van der Waals surface area contributed by atoms with E-state index in [1.54, 1.807) is 26.0 Å². The van der Waals surface area contributed by atoms with Crippen LogP contribution in [0, 0.1) is 10.1 Å². The first-order valence-corrected chi connectivity index (χ1v) is 6.24. The number of nitrogens with one attached hydrogen (secondary N) is 1. The lowest BCUT2D eigenvalue weighted by atomic mass is 10.3. The highest BCUT2D eigenvalue weighted by molar-refractivity contribution is 5.70. The van der Waals surface area contributed by atoms with E-state index < -0.39 is 10.9 Å². The van der Waals surface area contributed by atoms with Gasteiger partial charge in [-0.05, 0) is 26.0 Å². The molecule has 1 N–H and O–H groups in total. The Labute approximate surface area is 117 Å². The minimum absolute atomic E-state index is 0.0447. The molecule has 7 heteroatoms. The molecule has 0 heterocycles. The number of benzene rings is 1. The first-order chi connectivity index (χ1) is 9.49. The molecule has 0 aliphatic carbocycles. The highest BCUT2D eigenvalue weighted by Crippen LogP contribution is 2.14. The van der Waals surface area contributed by atoms with Crippen molar-refractivity contribution in [3.63, 3.8) is 0 Å². The number of non-ortho nitro benzene ring substituents is 1. The Kier molecular flexibility index (Phi) is 6.45. The molecule has 0 amide bonds. The second kappa shape index (κ2) is 8.11. The molecule has 1 aromatic carbocycles. The Morgan fingerprint density at radius 2 is 2.00 bits per heavy atom. The summed E-state index contributed by atoms with van der Waals surface area (Å²) in [5.41, 5.74) is 0.798. The van der Waals surface area contributed by atoms with E-state index in [9.17, 15) is 14.9 Å². The molecule has 0 bridgehead atoms. The second-order valence-corrected chi connectivity index (χ2v) is 4.32. The molecular weight excluding hydrogens is 264 g/mol. The maximum atomic E-state index is 11.2. The average Bonchev–Trinajstić information content (AvgIpc) is 2.38. The van der Waals surface area contributed by atoms with Gasteiger partial charge >= 0.3 is 5.97 Å². The number of hydrogen-bond donors (Lipinski definition) is 1. The molecule has 0 saturated carbocycles. The lowest BCUT2D eigenvalue weighted by Crippen LogP contribution is -2.19. The van der Waals surface area contributed by atoms with Crippen LogP contribution < -0.4 is 5.32 Å². The van der Waals surface area contributed by atoms with E-state index in [2.05, 4.69) is 5.32 Å². The molecule has 0 aliphatic rings. The average molecular weight is 282 g/mol. The fourth-order valence-electron chi connectivity index (χ4n) is 1.42. The van der Waals surface area contributed by atoms with Gasteiger partial charge in [0, 0.05) is 24.4 Å². The van der Waals surface area contributed by atoms with Crippen LogP contribution in [0.15, 0.2) is 24.3 Å². The second-order valence-electron chi connectivity index (χ2n) is 4.32. The molecule has 0 saturated heterocycles. The fraction of sp³-hybridized carbons (Fsp3) is 0.462. The third-order valence-corrected chi connectivity index (χ3v) is 2.24. The van der Waals surface area contributed by atoms with Gasteiger partial charge in [-0.25, -0.2) is 4.79 Å². The van der Waals surface area contributed by atoms with E-state index in [0.717, 1.165) is 5.69 Å². The van der Waals surface area contributed by atoms with Crippen LogP contribution in [0.4, 0.5) is 11.4 Å². The number of hydrogen-bond acceptors (Lipinski definition) is 6. The van der Waals surface area contributed by atoms with Crippen molar-refractivity contribution in [2.45, 2.75) is 20.0 Å². The number of carbonyl (C=O) groups excluding carboxylic acids is 1. The number of rotatable bonds is 8. The number of nitro groups is 1. The van der Waals surface area contributed by atoms with Gasteiger partial charge < -0.3 is 14.8 Å². The van der Waals surface area contributed by atoms with E-state index in [0.29, 0.717) is 13.2 Å². The summed E-state index contributed by atoms with van der Waals surface area (Å²) in [6.07, 6.45) is -0.149. The van der Waals surface area contributed by atoms with E-state index in [4.69, 9.17) is 9.47 Å². The molecule has 0 aliphatic heterocycles. The Hall–Kier alpha value is -2.15. The van der Waals surface area contributed by atoms with Gasteiger partial charge in [0.25, 0.3) is 5.69 Å². The zero-order chi connectivity index (χ0) is 15.0.